The van der Waals surface area contributed by atoms with Crippen LogP contribution in [0.4, 0.5) is 0 Å². The van der Waals surface area contributed by atoms with Crippen molar-refractivity contribution in [1.82, 2.24) is 9.97 Å². The average Bonchev–Trinajstić information content (AvgIpc) is 3.60. The van der Waals surface area contributed by atoms with Crippen molar-refractivity contribution in [3.05, 3.63) is 194 Å². The van der Waals surface area contributed by atoms with Crippen LogP contribution < -0.4 is 0 Å². The van der Waals surface area contributed by atoms with Gasteiger partial charge < -0.3 is 0 Å². The fraction of sp³-hybridized carbons (Fsp3) is 0. The molecule has 0 bridgehead atoms. The van der Waals surface area contributed by atoms with E-state index in [1.807, 2.05) is 0 Å². The van der Waals surface area contributed by atoms with Crippen molar-refractivity contribution in [3.8, 4) is 67.2 Å². The molecule has 10 rings (SSSR count). The monoisotopic (exact) mass is 692 g/mol. The Hall–Kier alpha value is -6.68. The van der Waals surface area contributed by atoms with E-state index in [0.29, 0.717) is 0 Å². The minimum atomic E-state index is 0.723. The molecule has 0 aliphatic heterocycles. The molecule has 2 aromatic heterocycles. The van der Waals surface area contributed by atoms with Crippen LogP contribution in [0.25, 0.3) is 98.2 Å². The number of rotatable bonds is 6. The van der Waals surface area contributed by atoms with Crippen molar-refractivity contribution in [2.45, 2.75) is 0 Å². The summed E-state index contributed by atoms with van der Waals surface area (Å²) < 4.78 is 1.21. The normalized spacial score (nSPS) is 11.4. The third-order valence-electron chi connectivity index (χ3n) is 10.1. The van der Waals surface area contributed by atoms with Crippen molar-refractivity contribution < 1.29 is 0 Å². The molecular formula is C50H32N2S. The van der Waals surface area contributed by atoms with E-state index < -0.39 is 0 Å². The Balaban J connectivity index is 1.14. The van der Waals surface area contributed by atoms with Gasteiger partial charge in [0, 0.05) is 26.6 Å². The molecule has 0 atom stereocenters. The van der Waals surface area contributed by atoms with Gasteiger partial charge in [0.1, 0.15) is 4.83 Å². The van der Waals surface area contributed by atoms with Crippen LogP contribution in [-0.4, -0.2) is 9.97 Å². The highest BCUT2D eigenvalue weighted by molar-refractivity contribution is 7.25. The number of benzene rings is 8. The fourth-order valence-electron chi connectivity index (χ4n) is 7.40. The van der Waals surface area contributed by atoms with Crippen molar-refractivity contribution in [3.63, 3.8) is 0 Å². The van der Waals surface area contributed by atoms with E-state index in [4.69, 9.17) is 9.97 Å². The lowest BCUT2D eigenvalue weighted by molar-refractivity contribution is 1.24. The molecule has 0 aliphatic rings. The van der Waals surface area contributed by atoms with Gasteiger partial charge in [-0.2, -0.15) is 0 Å². The number of aromatic nitrogens is 2. The second-order valence-corrected chi connectivity index (χ2v) is 14.5. The van der Waals surface area contributed by atoms with Crippen LogP contribution in [0.5, 0.6) is 0 Å². The summed E-state index contributed by atoms with van der Waals surface area (Å²) in [6.45, 7) is 0. The smallest absolute Gasteiger partial charge is 0.161 e. The Bertz CT molecular complexity index is 2950. The van der Waals surface area contributed by atoms with Crippen molar-refractivity contribution in [2.75, 3.05) is 0 Å². The van der Waals surface area contributed by atoms with Gasteiger partial charge in [0.25, 0.3) is 0 Å². The number of hydrogen-bond acceptors (Lipinski definition) is 3. The van der Waals surface area contributed by atoms with Gasteiger partial charge in [-0.05, 0) is 91.7 Å². The molecule has 0 unspecified atom stereocenters. The van der Waals surface area contributed by atoms with E-state index >= 15 is 0 Å². The van der Waals surface area contributed by atoms with Crippen LogP contribution in [0.2, 0.25) is 0 Å². The summed E-state index contributed by atoms with van der Waals surface area (Å²) >= 11 is 1.74. The Morgan fingerprint density at radius 1 is 0.321 bits per heavy atom. The first kappa shape index (κ1) is 31.1. The predicted octanol–water partition coefficient (Wildman–Crippen LogP) is 14.0. The second-order valence-electron chi connectivity index (χ2n) is 13.4. The number of hydrogen-bond donors (Lipinski definition) is 0. The van der Waals surface area contributed by atoms with Gasteiger partial charge in [-0.1, -0.05) is 158 Å². The van der Waals surface area contributed by atoms with Crippen molar-refractivity contribution in [2.24, 2.45) is 0 Å². The summed E-state index contributed by atoms with van der Waals surface area (Å²) in [5, 5.41) is 4.73. The van der Waals surface area contributed by atoms with E-state index in [0.717, 1.165) is 49.6 Å². The fourth-order valence-corrected chi connectivity index (χ4v) is 8.51. The van der Waals surface area contributed by atoms with Crippen LogP contribution in [-0.2, 0) is 0 Å². The standard InChI is InChI=1S/C50H32N2S/c1-3-13-33(14-4-1)35-19-9-21-37(27-35)39-23-11-25-43(29-39)48-47-45-31-41-17-7-8-18-42(41)32-46(45)53-50(47)52-49(51-48)44-26-12-24-40(30-44)38-22-10-20-36(28-38)34-15-5-2-6-16-34/h1-32H. The summed E-state index contributed by atoms with van der Waals surface area (Å²) in [7, 11) is 0. The maximum absolute atomic E-state index is 5.44. The molecule has 0 saturated heterocycles. The Morgan fingerprint density at radius 3 is 1.30 bits per heavy atom. The zero-order valence-electron chi connectivity index (χ0n) is 28.8. The molecule has 8 aromatic carbocycles. The Labute approximate surface area is 312 Å². The molecule has 0 saturated carbocycles. The van der Waals surface area contributed by atoms with E-state index in [9.17, 15) is 0 Å². The molecule has 2 nitrogen and oxygen atoms in total. The Kier molecular flexibility index (Phi) is 7.71. The molecule has 10 aromatic rings. The van der Waals surface area contributed by atoms with E-state index in [2.05, 4.69) is 194 Å². The lowest BCUT2D eigenvalue weighted by Gasteiger charge is -2.11. The molecular weight excluding hydrogens is 661 g/mol. The van der Waals surface area contributed by atoms with Gasteiger partial charge in [-0.25, -0.2) is 9.97 Å². The summed E-state index contributed by atoms with van der Waals surface area (Å²) in [5.74, 6) is 0.723. The summed E-state index contributed by atoms with van der Waals surface area (Å²) in [5.41, 5.74) is 12.4. The first-order valence-corrected chi connectivity index (χ1v) is 18.7. The zero-order chi connectivity index (χ0) is 35.1. The molecule has 248 valence electrons. The highest BCUT2D eigenvalue weighted by atomic mass is 32.1. The third kappa shape index (κ3) is 5.87. The van der Waals surface area contributed by atoms with E-state index in [1.54, 1.807) is 11.3 Å². The Morgan fingerprint density at radius 2 is 0.736 bits per heavy atom. The molecule has 53 heavy (non-hydrogen) atoms. The molecule has 0 radical (unpaired) electrons. The summed E-state index contributed by atoms with van der Waals surface area (Å²) in [4.78, 5) is 11.7. The number of nitrogens with zero attached hydrogens (tertiary/aromatic N) is 2. The number of thiophene rings is 1. The second kappa shape index (κ2) is 13.1. The van der Waals surface area contributed by atoms with E-state index in [1.165, 1.54) is 48.7 Å². The maximum atomic E-state index is 5.44. The predicted molar refractivity (Wildman–Crippen MR) is 225 cm³/mol. The molecule has 2 heterocycles. The minimum Gasteiger partial charge on any atom is -0.227 e. The van der Waals surface area contributed by atoms with Crippen LogP contribution in [0.1, 0.15) is 0 Å². The largest absolute Gasteiger partial charge is 0.227 e. The van der Waals surface area contributed by atoms with Crippen LogP contribution in [0.15, 0.2) is 194 Å². The van der Waals surface area contributed by atoms with Gasteiger partial charge in [-0.15, -0.1) is 11.3 Å². The molecule has 0 amide bonds. The van der Waals surface area contributed by atoms with Crippen LogP contribution >= 0.6 is 11.3 Å². The molecule has 0 spiro atoms. The quantitative estimate of drug-likeness (QED) is 0.173. The number of fused-ring (bicyclic) bond motifs is 4. The average molecular weight is 693 g/mol. The van der Waals surface area contributed by atoms with Gasteiger partial charge >= 0.3 is 0 Å². The SMILES string of the molecule is c1ccc(-c2cccc(-c3cccc(-c4nc(-c5cccc(-c6cccc(-c7ccccc7)c6)c5)c5c(n4)sc4cc6ccccc6cc45)c3)c2)cc1. The van der Waals surface area contributed by atoms with Gasteiger partial charge in [0.2, 0.25) is 0 Å². The molecule has 0 N–H and O–H groups in total. The van der Waals surface area contributed by atoms with Gasteiger partial charge in [-0.3, -0.25) is 0 Å². The lowest BCUT2D eigenvalue weighted by atomic mass is 9.96. The maximum Gasteiger partial charge on any atom is 0.161 e. The van der Waals surface area contributed by atoms with Crippen LogP contribution in [0.3, 0.4) is 0 Å². The zero-order valence-corrected chi connectivity index (χ0v) is 29.6. The summed E-state index contributed by atoms with van der Waals surface area (Å²) in [6, 6.07) is 69.3. The van der Waals surface area contributed by atoms with Crippen molar-refractivity contribution >= 4 is 42.4 Å². The van der Waals surface area contributed by atoms with Gasteiger partial charge in [0.05, 0.1) is 5.69 Å². The van der Waals surface area contributed by atoms with E-state index in [-0.39, 0.29) is 0 Å². The third-order valence-corrected chi connectivity index (χ3v) is 11.1. The van der Waals surface area contributed by atoms with Crippen molar-refractivity contribution in [1.29, 1.82) is 0 Å². The minimum absolute atomic E-state index is 0.723. The summed E-state index contributed by atoms with van der Waals surface area (Å²) in [6.07, 6.45) is 0. The molecule has 0 fully saturated rings. The topological polar surface area (TPSA) is 25.8 Å². The highest BCUT2D eigenvalue weighted by Gasteiger charge is 2.18. The van der Waals surface area contributed by atoms with Crippen LogP contribution in [0, 0.1) is 0 Å². The first-order valence-electron chi connectivity index (χ1n) is 17.9. The molecule has 3 heteroatoms. The highest BCUT2D eigenvalue weighted by Crippen LogP contribution is 2.42. The lowest BCUT2D eigenvalue weighted by Crippen LogP contribution is -1.94. The van der Waals surface area contributed by atoms with Gasteiger partial charge in [0.15, 0.2) is 5.82 Å². The first-order chi connectivity index (χ1) is 26.2. The molecule has 0 aliphatic carbocycles.